The van der Waals surface area contributed by atoms with E-state index in [1.807, 2.05) is 0 Å². The number of benzene rings is 1. The maximum Gasteiger partial charge on any atom is 0.120 e. The number of rotatable bonds is 4. The molecule has 0 bridgehead atoms. The fraction of sp³-hybridized carbons (Fsp3) is 0.667. The van der Waals surface area contributed by atoms with Crippen LogP contribution in [0.25, 0.3) is 0 Å². The van der Waals surface area contributed by atoms with Crippen LogP contribution in [-0.2, 0) is 6.54 Å². The van der Waals surface area contributed by atoms with E-state index in [-0.39, 0.29) is 11.6 Å². The molecule has 0 radical (unpaired) electrons. The highest BCUT2D eigenvalue weighted by Gasteiger charge is 2.49. The normalized spacial score (nSPS) is 28.0. The van der Waals surface area contributed by atoms with Crippen LogP contribution in [0.4, 0.5) is 0 Å². The smallest absolute Gasteiger partial charge is 0.120 e. The van der Waals surface area contributed by atoms with Crippen molar-refractivity contribution >= 4 is 0 Å². The Morgan fingerprint density at radius 2 is 2.14 bits per heavy atom. The fourth-order valence-electron chi connectivity index (χ4n) is 3.98. The van der Waals surface area contributed by atoms with Crippen molar-refractivity contribution in [2.45, 2.75) is 45.9 Å². The molecule has 2 atom stereocenters. The summed E-state index contributed by atoms with van der Waals surface area (Å²) >= 11 is 0. The highest BCUT2D eigenvalue weighted by atomic mass is 16.5. The monoisotopic (exact) mass is 288 g/mol. The molecule has 3 rings (SSSR count). The minimum Gasteiger partial charge on any atom is -0.491 e. The number of fused-ring (bicyclic) bond motifs is 1. The van der Waals surface area contributed by atoms with Crippen LogP contribution in [-0.4, -0.2) is 36.2 Å². The van der Waals surface area contributed by atoms with Gasteiger partial charge in [0.05, 0.1) is 6.10 Å². The van der Waals surface area contributed by atoms with Crippen LogP contribution in [0.15, 0.2) is 24.3 Å². The van der Waals surface area contributed by atoms with Crippen molar-refractivity contribution in [3.8, 4) is 5.75 Å². The Hall–Kier alpha value is -1.06. The molecule has 0 saturated carbocycles. The van der Waals surface area contributed by atoms with Crippen molar-refractivity contribution in [2.75, 3.05) is 19.6 Å². The first-order valence-corrected chi connectivity index (χ1v) is 8.18. The van der Waals surface area contributed by atoms with Gasteiger partial charge < -0.3 is 10.1 Å². The van der Waals surface area contributed by atoms with E-state index in [4.69, 9.17) is 4.74 Å². The Kier molecular flexibility index (Phi) is 3.98. The SMILES string of the molecule is CC(C)Oc1cccc(CN2CC3CNCC3C2(C)C)c1. The number of ether oxygens (including phenoxy) is 1. The van der Waals surface area contributed by atoms with E-state index in [2.05, 4.69) is 62.2 Å². The summed E-state index contributed by atoms with van der Waals surface area (Å²) in [5.74, 6) is 2.59. The minimum atomic E-state index is 0.230. The van der Waals surface area contributed by atoms with E-state index < -0.39 is 0 Å². The van der Waals surface area contributed by atoms with Gasteiger partial charge in [0.1, 0.15) is 5.75 Å². The Morgan fingerprint density at radius 1 is 1.33 bits per heavy atom. The van der Waals surface area contributed by atoms with Gasteiger partial charge in [0, 0.05) is 25.2 Å². The second-order valence-electron chi connectivity index (χ2n) is 7.37. The van der Waals surface area contributed by atoms with Crippen LogP contribution in [0.2, 0.25) is 0 Å². The van der Waals surface area contributed by atoms with Gasteiger partial charge in [-0.15, -0.1) is 0 Å². The third-order valence-corrected chi connectivity index (χ3v) is 5.16. The van der Waals surface area contributed by atoms with Gasteiger partial charge in [-0.2, -0.15) is 0 Å². The summed E-state index contributed by atoms with van der Waals surface area (Å²) in [5, 5.41) is 3.55. The highest BCUT2D eigenvalue weighted by molar-refractivity contribution is 5.29. The van der Waals surface area contributed by atoms with E-state index in [9.17, 15) is 0 Å². The summed E-state index contributed by atoms with van der Waals surface area (Å²) in [7, 11) is 0. The van der Waals surface area contributed by atoms with Gasteiger partial charge >= 0.3 is 0 Å². The lowest BCUT2D eigenvalue weighted by molar-refractivity contribution is 0.132. The zero-order valence-corrected chi connectivity index (χ0v) is 13.7. The Balaban J connectivity index is 1.72. The molecule has 3 heteroatoms. The van der Waals surface area contributed by atoms with Crippen molar-refractivity contribution in [2.24, 2.45) is 11.8 Å². The second-order valence-corrected chi connectivity index (χ2v) is 7.37. The van der Waals surface area contributed by atoms with Crippen LogP contribution in [0.5, 0.6) is 5.75 Å². The van der Waals surface area contributed by atoms with Crippen molar-refractivity contribution < 1.29 is 4.74 Å². The average molecular weight is 288 g/mol. The average Bonchev–Trinajstić information content (AvgIpc) is 2.93. The van der Waals surface area contributed by atoms with Gasteiger partial charge in [0.15, 0.2) is 0 Å². The molecule has 1 N–H and O–H groups in total. The zero-order chi connectivity index (χ0) is 15.0. The predicted molar refractivity (Wildman–Crippen MR) is 86.5 cm³/mol. The van der Waals surface area contributed by atoms with E-state index >= 15 is 0 Å². The van der Waals surface area contributed by atoms with Crippen LogP contribution in [0, 0.1) is 11.8 Å². The molecule has 0 aromatic heterocycles. The number of nitrogens with one attached hydrogen (secondary N) is 1. The fourth-order valence-corrected chi connectivity index (χ4v) is 3.98. The van der Waals surface area contributed by atoms with Gasteiger partial charge in [0.25, 0.3) is 0 Å². The number of nitrogens with zero attached hydrogens (tertiary/aromatic N) is 1. The van der Waals surface area contributed by atoms with Gasteiger partial charge in [-0.1, -0.05) is 12.1 Å². The standard InChI is InChI=1S/C18H28N2O/c1-13(2)21-16-7-5-6-14(8-16)11-20-12-15-9-19-10-17(15)18(20,3)4/h5-8,13,15,17,19H,9-12H2,1-4H3. The summed E-state index contributed by atoms with van der Waals surface area (Å²) in [6.45, 7) is 13.5. The molecule has 2 fully saturated rings. The van der Waals surface area contributed by atoms with Crippen molar-refractivity contribution in [3.63, 3.8) is 0 Å². The summed E-state index contributed by atoms with van der Waals surface area (Å²) in [4.78, 5) is 2.65. The van der Waals surface area contributed by atoms with Crippen molar-refractivity contribution in [1.29, 1.82) is 0 Å². The third-order valence-electron chi connectivity index (χ3n) is 5.16. The molecule has 3 nitrogen and oxygen atoms in total. The van der Waals surface area contributed by atoms with Gasteiger partial charge in [-0.3, -0.25) is 4.90 Å². The molecular weight excluding hydrogens is 260 g/mol. The molecule has 1 aromatic carbocycles. The van der Waals surface area contributed by atoms with Crippen molar-refractivity contribution in [3.05, 3.63) is 29.8 Å². The Bertz CT molecular complexity index is 498. The maximum absolute atomic E-state index is 5.82. The van der Waals surface area contributed by atoms with Gasteiger partial charge in [-0.25, -0.2) is 0 Å². The van der Waals surface area contributed by atoms with E-state index in [1.54, 1.807) is 0 Å². The molecule has 0 aliphatic carbocycles. The largest absolute Gasteiger partial charge is 0.491 e. The predicted octanol–water partition coefficient (Wildman–Crippen LogP) is 2.90. The van der Waals surface area contributed by atoms with Crippen LogP contribution in [0.3, 0.4) is 0 Å². The van der Waals surface area contributed by atoms with Gasteiger partial charge in [-0.05, 0) is 63.8 Å². The van der Waals surface area contributed by atoms with Crippen LogP contribution < -0.4 is 10.1 Å². The molecule has 21 heavy (non-hydrogen) atoms. The Labute approximate surface area is 128 Å². The number of likely N-dealkylation sites (tertiary alicyclic amines) is 1. The molecule has 1 aromatic rings. The first-order chi connectivity index (χ1) is 9.96. The van der Waals surface area contributed by atoms with Crippen LogP contribution in [0.1, 0.15) is 33.3 Å². The minimum absolute atomic E-state index is 0.230. The summed E-state index contributed by atoms with van der Waals surface area (Å²) in [6, 6.07) is 8.58. The lowest BCUT2D eigenvalue weighted by Gasteiger charge is -2.35. The highest BCUT2D eigenvalue weighted by Crippen LogP contribution is 2.41. The zero-order valence-electron chi connectivity index (χ0n) is 13.7. The Morgan fingerprint density at radius 3 is 2.86 bits per heavy atom. The second kappa shape index (κ2) is 5.62. The molecule has 0 spiro atoms. The third kappa shape index (κ3) is 2.95. The molecule has 0 amide bonds. The molecule has 2 unspecified atom stereocenters. The lowest BCUT2D eigenvalue weighted by atomic mass is 9.85. The van der Waals surface area contributed by atoms with E-state index in [0.29, 0.717) is 0 Å². The molecule has 2 aliphatic heterocycles. The van der Waals surface area contributed by atoms with Crippen LogP contribution >= 0.6 is 0 Å². The number of hydrogen-bond donors (Lipinski definition) is 1. The van der Waals surface area contributed by atoms with Gasteiger partial charge in [0.2, 0.25) is 0 Å². The summed E-state index contributed by atoms with van der Waals surface area (Å²) < 4.78 is 5.82. The first kappa shape index (κ1) is 14.9. The molecule has 2 heterocycles. The summed E-state index contributed by atoms with van der Waals surface area (Å²) in [6.07, 6.45) is 0.230. The molecule has 116 valence electrons. The number of hydrogen-bond acceptors (Lipinski definition) is 3. The summed E-state index contributed by atoms with van der Waals surface area (Å²) in [5.41, 5.74) is 1.64. The quantitative estimate of drug-likeness (QED) is 0.922. The molecule has 2 aliphatic rings. The first-order valence-electron chi connectivity index (χ1n) is 8.18. The topological polar surface area (TPSA) is 24.5 Å². The maximum atomic E-state index is 5.82. The van der Waals surface area contributed by atoms with Crippen molar-refractivity contribution in [1.82, 2.24) is 10.2 Å². The van der Waals surface area contributed by atoms with E-state index in [1.165, 1.54) is 25.2 Å². The molecule has 2 saturated heterocycles. The molecular formula is C18H28N2O. The lowest BCUT2D eigenvalue weighted by Crippen LogP contribution is -2.43. The van der Waals surface area contributed by atoms with E-state index in [0.717, 1.165) is 24.1 Å².